The van der Waals surface area contributed by atoms with Gasteiger partial charge in [0.05, 0.1) is 11.4 Å². The van der Waals surface area contributed by atoms with Crippen LogP contribution in [0.5, 0.6) is 5.75 Å². The quantitative estimate of drug-likeness (QED) is 0.821. The van der Waals surface area contributed by atoms with Crippen molar-refractivity contribution in [2.75, 3.05) is 11.1 Å². The minimum atomic E-state index is -3.08. The van der Waals surface area contributed by atoms with E-state index in [9.17, 15) is 13.2 Å². The Labute approximate surface area is 118 Å². The zero-order valence-electron chi connectivity index (χ0n) is 10.6. The highest BCUT2D eigenvalue weighted by Crippen LogP contribution is 2.30. The van der Waals surface area contributed by atoms with Crippen molar-refractivity contribution in [1.29, 1.82) is 0 Å². The normalized spacial score (nSPS) is 10.8. The zero-order chi connectivity index (χ0) is 14.7. The molecule has 108 valence electrons. The summed E-state index contributed by atoms with van der Waals surface area (Å²) >= 11 is 1.60. The van der Waals surface area contributed by atoms with Crippen molar-refractivity contribution in [3.05, 3.63) is 39.8 Å². The Hall–Kier alpha value is -1.89. The number of nitrogens with one attached hydrogen (secondary N) is 1. The van der Waals surface area contributed by atoms with Crippen LogP contribution in [0, 0.1) is 12.7 Å². The molecule has 0 aliphatic carbocycles. The molecule has 0 fully saturated rings. The SMILES string of the molecule is Cc1ccc(CNc2cc(OC(F)F)c(F)cc2N)s1. The van der Waals surface area contributed by atoms with Crippen LogP contribution >= 0.6 is 11.3 Å². The second kappa shape index (κ2) is 6.04. The first kappa shape index (κ1) is 14.5. The van der Waals surface area contributed by atoms with Crippen molar-refractivity contribution in [2.24, 2.45) is 0 Å². The molecule has 0 aliphatic heterocycles. The van der Waals surface area contributed by atoms with Gasteiger partial charge in [0.2, 0.25) is 0 Å². The fourth-order valence-electron chi connectivity index (χ4n) is 1.67. The molecule has 3 N–H and O–H groups in total. The van der Waals surface area contributed by atoms with Crippen LogP contribution in [-0.4, -0.2) is 6.61 Å². The Morgan fingerprint density at radius 3 is 2.70 bits per heavy atom. The Kier molecular flexibility index (Phi) is 4.39. The molecule has 1 aromatic heterocycles. The van der Waals surface area contributed by atoms with Gasteiger partial charge < -0.3 is 15.8 Å². The molecule has 7 heteroatoms. The monoisotopic (exact) mass is 302 g/mol. The van der Waals surface area contributed by atoms with E-state index in [2.05, 4.69) is 10.1 Å². The molecule has 0 aliphatic rings. The summed E-state index contributed by atoms with van der Waals surface area (Å²) in [5, 5.41) is 2.98. The van der Waals surface area contributed by atoms with Crippen LogP contribution in [0.1, 0.15) is 9.75 Å². The topological polar surface area (TPSA) is 47.3 Å². The first-order valence-electron chi connectivity index (χ1n) is 5.78. The molecule has 1 aromatic carbocycles. The molecule has 2 rings (SSSR count). The van der Waals surface area contributed by atoms with E-state index in [1.54, 1.807) is 11.3 Å². The average Bonchev–Trinajstić information content (AvgIpc) is 2.76. The molecule has 0 amide bonds. The maximum absolute atomic E-state index is 13.4. The van der Waals surface area contributed by atoms with E-state index in [1.807, 2.05) is 19.1 Å². The van der Waals surface area contributed by atoms with Gasteiger partial charge in [-0.05, 0) is 19.1 Å². The third kappa shape index (κ3) is 3.57. The predicted octanol–water partition coefficient (Wildman–Crippen LogP) is 3.99. The summed E-state index contributed by atoms with van der Waals surface area (Å²) in [4.78, 5) is 2.22. The van der Waals surface area contributed by atoms with Gasteiger partial charge in [-0.2, -0.15) is 8.78 Å². The molecule has 0 radical (unpaired) electrons. The number of aryl methyl sites for hydroxylation is 1. The number of rotatable bonds is 5. The van der Waals surface area contributed by atoms with E-state index >= 15 is 0 Å². The maximum atomic E-state index is 13.4. The van der Waals surface area contributed by atoms with E-state index in [0.717, 1.165) is 21.9 Å². The second-order valence-corrected chi connectivity index (χ2v) is 5.49. The van der Waals surface area contributed by atoms with Gasteiger partial charge in [-0.25, -0.2) is 4.39 Å². The van der Waals surface area contributed by atoms with Crippen molar-refractivity contribution < 1.29 is 17.9 Å². The third-order valence-electron chi connectivity index (χ3n) is 2.57. The zero-order valence-corrected chi connectivity index (χ0v) is 11.4. The van der Waals surface area contributed by atoms with Gasteiger partial charge in [0, 0.05) is 28.4 Å². The number of hydrogen-bond donors (Lipinski definition) is 2. The summed E-state index contributed by atoms with van der Waals surface area (Å²) in [7, 11) is 0. The third-order valence-corrected chi connectivity index (χ3v) is 3.57. The van der Waals surface area contributed by atoms with E-state index in [0.29, 0.717) is 12.2 Å². The Morgan fingerprint density at radius 2 is 2.10 bits per heavy atom. The van der Waals surface area contributed by atoms with Crippen molar-refractivity contribution >= 4 is 22.7 Å². The summed E-state index contributed by atoms with van der Waals surface area (Å²) in [5.41, 5.74) is 6.14. The van der Waals surface area contributed by atoms with Crippen molar-refractivity contribution in [3.8, 4) is 5.75 Å². The Balaban J connectivity index is 2.14. The van der Waals surface area contributed by atoms with E-state index in [1.165, 1.54) is 0 Å². The fraction of sp³-hybridized carbons (Fsp3) is 0.231. The lowest BCUT2D eigenvalue weighted by Crippen LogP contribution is -2.07. The van der Waals surface area contributed by atoms with Crippen LogP contribution in [0.2, 0.25) is 0 Å². The van der Waals surface area contributed by atoms with Crippen LogP contribution < -0.4 is 15.8 Å². The van der Waals surface area contributed by atoms with Gasteiger partial charge in [0.25, 0.3) is 0 Å². The summed E-state index contributed by atoms with van der Waals surface area (Å²) in [6.45, 7) is -0.627. The molecule has 0 spiro atoms. The van der Waals surface area contributed by atoms with E-state index in [-0.39, 0.29) is 5.69 Å². The number of alkyl halides is 2. The van der Waals surface area contributed by atoms with E-state index < -0.39 is 18.2 Å². The highest BCUT2D eigenvalue weighted by atomic mass is 32.1. The molecule has 20 heavy (non-hydrogen) atoms. The first-order chi connectivity index (χ1) is 9.45. The van der Waals surface area contributed by atoms with E-state index in [4.69, 9.17) is 5.73 Å². The second-order valence-electron chi connectivity index (χ2n) is 4.11. The lowest BCUT2D eigenvalue weighted by molar-refractivity contribution is -0.0521. The van der Waals surface area contributed by atoms with Crippen molar-refractivity contribution in [1.82, 2.24) is 0 Å². The standard InChI is InChI=1S/C13H13F3N2OS/c1-7-2-3-8(20-7)6-18-11-5-12(19-13(15)16)9(14)4-10(11)17/h2-5,13,18H,6,17H2,1H3. The van der Waals surface area contributed by atoms with Gasteiger partial charge in [0.1, 0.15) is 0 Å². The van der Waals surface area contributed by atoms with Gasteiger partial charge in [-0.15, -0.1) is 11.3 Å². The number of nitrogens with two attached hydrogens (primary N) is 1. The summed E-state index contributed by atoms with van der Waals surface area (Å²) in [5.74, 6) is -1.45. The molecule has 0 saturated heterocycles. The molecule has 2 aromatic rings. The van der Waals surface area contributed by atoms with Gasteiger partial charge >= 0.3 is 6.61 Å². The minimum absolute atomic E-state index is 0.136. The summed E-state index contributed by atoms with van der Waals surface area (Å²) in [6.07, 6.45) is 0. The van der Waals surface area contributed by atoms with Crippen LogP contribution in [0.3, 0.4) is 0 Å². The van der Waals surface area contributed by atoms with Gasteiger partial charge in [-0.1, -0.05) is 0 Å². The fourth-order valence-corrected chi connectivity index (χ4v) is 2.50. The number of benzene rings is 1. The van der Waals surface area contributed by atoms with Gasteiger partial charge in [-0.3, -0.25) is 0 Å². The molecule has 0 bridgehead atoms. The number of thiophene rings is 1. The number of ether oxygens (including phenoxy) is 1. The van der Waals surface area contributed by atoms with Crippen LogP contribution in [0.15, 0.2) is 24.3 Å². The molecular weight excluding hydrogens is 289 g/mol. The van der Waals surface area contributed by atoms with Crippen LogP contribution in [-0.2, 0) is 6.54 Å². The molecule has 1 heterocycles. The molecule has 0 unspecified atom stereocenters. The summed E-state index contributed by atoms with van der Waals surface area (Å²) in [6, 6.07) is 6.02. The van der Waals surface area contributed by atoms with Crippen LogP contribution in [0.4, 0.5) is 24.5 Å². The first-order valence-corrected chi connectivity index (χ1v) is 6.60. The predicted molar refractivity (Wildman–Crippen MR) is 73.8 cm³/mol. The molecule has 0 saturated carbocycles. The highest BCUT2D eigenvalue weighted by Gasteiger charge is 2.13. The number of anilines is 2. The van der Waals surface area contributed by atoms with Crippen molar-refractivity contribution in [2.45, 2.75) is 20.1 Å². The van der Waals surface area contributed by atoms with Crippen LogP contribution in [0.25, 0.3) is 0 Å². The largest absolute Gasteiger partial charge is 0.432 e. The van der Waals surface area contributed by atoms with Crippen molar-refractivity contribution in [3.63, 3.8) is 0 Å². The summed E-state index contributed by atoms with van der Waals surface area (Å²) < 4.78 is 41.8. The lowest BCUT2D eigenvalue weighted by atomic mass is 10.2. The smallest absolute Gasteiger partial charge is 0.387 e. The lowest BCUT2D eigenvalue weighted by Gasteiger charge is -2.12. The maximum Gasteiger partial charge on any atom is 0.387 e. The average molecular weight is 302 g/mol. The Bertz CT molecular complexity index is 601. The highest BCUT2D eigenvalue weighted by molar-refractivity contribution is 7.11. The number of hydrogen-bond acceptors (Lipinski definition) is 4. The minimum Gasteiger partial charge on any atom is -0.432 e. The number of halogens is 3. The molecular formula is C13H13F3N2OS. The Morgan fingerprint density at radius 1 is 1.35 bits per heavy atom. The molecule has 3 nitrogen and oxygen atoms in total. The molecule has 0 atom stereocenters. The number of nitrogen functional groups attached to an aromatic ring is 1. The van der Waals surface area contributed by atoms with Gasteiger partial charge in [0.15, 0.2) is 11.6 Å².